The Morgan fingerprint density at radius 1 is 1.10 bits per heavy atom. The lowest BCUT2D eigenvalue weighted by Crippen LogP contribution is -2.44. The van der Waals surface area contributed by atoms with Crippen LogP contribution in [0.1, 0.15) is 43.5 Å². The molecule has 9 heteroatoms. The quantitative estimate of drug-likeness (QED) is 0.370. The fourth-order valence-electron chi connectivity index (χ4n) is 7.39. The van der Waals surface area contributed by atoms with E-state index in [1.807, 2.05) is 12.1 Å². The Balaban J connectivity index is 1.34. The van der Waals surface area contributed by atoms with Crippen LogP contribution in [-0.2, 0) is 0 Å². The first-order chi connectivity index (χ1) is 20.0. The van der Waals surface area contributed by atoms with Gasteiger partial charge in [0.25, 0.3) is 0 Å². The summed E-state index contributed by atoms with van der Waals surface area (Å²) < 4.78 is 16.6. The SMILES string of the molecule is C#Cc1cccc2cc(O)cc(-c3nnc4c(N5C[C@@H]6C[C@H]5CN6)nc(C#CC56CCCN5CCC6)nc4c3F)c12. The van der Waals surface area contributed by atoms with Gasteiger partial charge in [0.05, 0.1) is 5.54 Å². The number of halogens is 1. The second kappa shape index (κ2) is 9.10. The van der Waals surface area contributed by atoms with Gasteiger partial charge < -0.3 is 15.3 Å². The molecule has 41 heavy (non-hydrogen) atoms. The first-order valence-corrected chi connectivity index (χ1v) is 14.3. The maximum atomic E-state index is 16.6. The van der Waals surface area contributed by atoms with Gasteiger partial charge in [-0.1, -0.05) is 24.0 Å². The first kappa shape index (κ1) is 24.5. The summed E-state index contributed by atoms with van der Waals surface area (Å²) in [5, 5.41) is 24.2. The Kier molecular flexibility index (Phi) is 5.44. The molecule has 4 fully saturated rings. The summed E-state index contributed by atoms with van der Waals surface area (Å²) in [6, 6.07) is 9.10. The maximum Gasteiger partial charge on any atom is 0.207 e. The molecular formula is C32H28FN7O. The molecule has 0 saturated carbocycles. The lowest BCUT2D eigenvalue weighted by atomic mass is 9.95. The molecule has 4 aliphatic heterocycles. The van der Waals surface area contributed by atoms with Gasteiger partial charge in [0, 0.05) is 41.7 Å². The number of piperazine rings is 1. The molecule has 2 bridgehead atoms. The van der Waals surface area contributed by atoms with Gasteiger partial charge in [-0.3, -0.25) is 4.90 Å². The third-order valence-corrected chi connectivity index (χ3v) is 9.28. The molecule has 0 aliphatic carbocycles. The molecule has 204 valence electrons. The van der Waals surface area contributed by atoms with Crippen molar-refractivity contribution in [1.29, 1.82) is 0 Å². The smallest absolute Gasteiger partial charge is 0.207 e. The van der Waals surface area contributed by atoms with Gasteiger partial charge in [0.15, 0.2) is 17.2 Å². The highest BCUT2D eigenvalue weighted by molar-refractivity contribution is 6.02. The van der Waals surface area contributed by atoms with E-state index < -0.39 is 5.82 Å². The second-order valence-corrected chi connectivity index (χ2v) is 11.6. The van der Waals surface area contributed by atoms with Crippen molar-refractivity contribution in [2.45, 2.75) is 49.7 Å². The molecule has 4 saturated heterocycles. The molecule has 2 N–H and O–H groups in total. The van der Waals surface area contributed by atoms with E-state index in [-0.39, 0.29) is 28.5 Å². The van der Waals surface area contributed by atoms with Crippen molar-refractivity contribution in [3.05, 3.63) is 47.5 Å². The number of fused-ring (bicyclic) bond motifs is 5. The molecule has 4 aliphatic rings. The number of anilines is 1. The third-order valence-electron chi connectivity index (χ3n) is 9.28. The monoisotopic (exact) mass is 545 g/mol. The molecule has 0 radical (unpaired) electrons. The zero-order valence-corrected chi connectivity index (χ0v) is 22.5. The average molecular weight is 546 g/mol. The van der Waals surface area contributed by atoms with E-state index >= 15 is 4.39 Å². The Morgan fingerprint density at radius 3 is 2.71 bits per heavy atom. The minimum Gasteiger partial charge on any atom is -0.508 e. The molecule has 0 spiro atoms. The predicted molar refractivity (Wildman–Crippen MR) is 155 cm³/mol. The molecule has 2 atom stereocenters. The molecule has 6 heterocycles. The number of nitrogens with one attached hydrogen (secondary N) is 1. The van der Waals surface area contributed by atoms with Crippen molar-refractivity contribution in [3.8, 4) is 41.2 Å². The van der Waals surface area contributed by atoms with E-state index in [1.54, 1.807) is 12.1 Å². The molecule has 0 unspecified atom stereocenters. The van der Waals surface area contributed by atoms with Crippen LogP contribution in [0, 0.1) is 30.0 Å². The van der Waals surface area contributed by atoms with Crippen LogP contribution in [0.25, 0.3) is 33.1 Å². The number of terminal acetylenes is 1. The number of phenolic OH excluding ortho intramolecular Hbond substituents is 1. The van der Waals surface area contributed by atoms with Crippen LogP contribution < -0.4 is 10.2 Å². The summed E-state index contributed by atoms with van der Waals surface area (Å²) in [5.41, 5.74) is 1.16. The van der Waals surface area contributed by atoms with Crippen molar-refractivity contribution >= 4 is 27.6 Å². The van der Waals surface area contributed by atoms with Crippen molar-refractivity contribution in [3.63, 3.8) is 0 Å². The molecule has 4 aromatic rings. The molecule has 0 amide bonds. The average Bonchev–Trinajstić information content (AvgIpc) is 3.77. The molecule has 2 aromatic heterocycles. The highest BCUT2D eigenvalue weighted by Gasteiger charge is 2.43. The summed E-state index contributed by atoms with van der Waals surface area (Å²) >= 11 is 0. The van der Waals surface area contributed by atoms with Crippen molar-refractivity contribution in [1.82, 2.24) is 30.4 Å². The fourth-order valence-corrected chi connectivity index (χ4v) is 7.39. The highest BCUT2D eigenvalue weighted by atomic mass is 19.1. The van der Waals surface area contributed by atoms with Crippen LogP contribution in [0.15, 0.2) is 30.3 Å². The maximum absolute atomic E-state index is 16.6. The minimum atomic E-state index is -0.635. The van der Waals surface area contributed by atoms with E-state index in [9.17, 15) is 5.11 Å². The number of hydrogen-bond donors (Lipinski definition) is 2. The number of nitrogens with zero attached hydrogens (tertiary/aromatic N) is 6. The number of aromatic nitrogens is 4. The lowest BCUT2D eigenvalue weighted by Gasteiger charge is -2.29. The van der Waals surface area contributed by atoms with Crippen LogP contribution >= 0.6 is 0 Å². The fraction of sp³-hybridized carbons (Fsp3) is 0.375. The Labute approximate surface area is 237 Å². The van der Waals surface area contributed by atoms with Gasteiger partial charge in [-0.15, -0.1) is 16.6 Å². The Morgan fingerprint density at radius 2 is 1.95 bits per heavy atom. The summed E-state index contributed by atoms with van der Waals surface area (Å²) in [6.45, 7) is 3.73. The Bertz CT molecular complexity index is 1840. The normalized spacial score (nSPS) is 22.7. The standard InChI is InChI=1S/C32H28FN7O/c1-2-19-6-3-7-20-14-23(41)16-24(26(19)20)28-27(33)29-30(38-37-28)31(40-18-21-15-22(40)17-34-21)36-25(35-29)8-11-32-9-4-12-39(32)13-5-10-32/h1,3,6-7,14,16,21-22,34,41H,4-5,9-10,12-13,15,17-18H2/t21-,22-/m0/s1. The number of rotatable bonds is 2. The Hall–Kier alpha value is -4.31. The van der Waals surface area contributed by atoms with E-state index in [1.165, 1.54) is 6.07 Å². The van der Waals surface area contributed by atoms with Gasteiger partial charge in [0.1, 0.15) is 17.0 Å². The molecular weight excluding hydrogens is 517 g/mol. The number of phenols is 1. The van der Waals surface area contributed by atoms with Crippen LogP contribution in [-0.4, -0.2) is 74.0 Å². The highest BCUT2D eigenvalue weighted by Crippen LogP contribution is 2.40. The summed E-state index contributed by atoms with van der Waals surface area (Å²) in [5.74, 6) is 9.65. The number of benzene rings is 2. The zero-order valence-electron chi connectivity index (χ0n) is 22.5. The molecule has 2 aromatic carbocycles. The zero-order chi connectivity index (χ0) is 27.7. The van der Waals surface area contributed by atoms with Gasteiger partial charge >= 0.3 is 0 Å². The molecule has 8 rings (SSSR count). The van der Waals surface area contributed by atoms with Crippen molar-refractivity contribution in [2.24, 2.45) is 0 Å². The summed E-state index contributed by atoms with van der Waals surface area (Å²) in [4.78, 5) is 14.2. The summed E-state index contributed by atoms with van der Waals surface area (Å²) in [6.07, 6.45) is 11.1. The van der Waals surface area contributed by atoms with Gasteiger partial charge in [-0.05, 0) is 74.7 Å². The van der Waals surface area contributed by atoms with E-state index in [2.05, 4.69) is 48.1 Å². The minimum absolute atomic E-state index is 0.0181. The largest absolute Gasteiger partial charge is 0.508 e. The number of hydrogen-bond acceptors (Lipinski definition) is 8. The van der Waals surface area contributed by atoms with E-state index in [4.69, 9.17) is 11.4 Å². The topological polar surface area (TPSA) is 90.3 Å². The lowest BCUT2D eigenvalue weighted by molar-refractivity contribution is 0.261. The van der Waals surface area contributed by atoms with E-state index in [0.717, 1.165) is 58.3 Å². The van der Waals surface area contributed by atoms with Crippen LogP contribution in [0.2, 0.25) is 0 Å². The van der Waals surface area contributed by atoms with Crippen LogP contribution in [0.4, 0.5) is 10.2 Å². The number of aromatic hydroxyl groups is 1. The second-order valence-electron chi connectivity index (χ2n) is 11.6. The van der Waals surface area contributed by atoms with E-state index in [0.29, 0.717) is 45.1 Å². The predicted octanol–water partition coefficient (Wildman–Crippen LogP) is 3.60. The summed E-state index contributed by atoms with van der Waals surface area (Å²) in [7, 11) is 0. The van der Waals surface area contributed by atoms with Gasteiger partial charge in [0.2, 0.25) is 5.82 Å². The van der Waals surface area contributed by atoms with Crippen LogP contribution in [0.5, 0.6) is 5.75 Å². The third kappa shape index (κ3) is 3.77. The van der Waals surface area contributed by atoms with Crippen molar-refractivity contribution in [2.75, 3.05) is 31.1 Å². The van der Waals surface area contributed by atoms with Gasteiger partial charge in [-0.2, -0.15) is 0 Å². The van der Waals surface area contributed by atoms with Gasteiger partial charge in [-0.25, -0.2) is 14.4 Å². The van der Waals surface area contributed by atoms with Crippen molar-refractivity contribution < 1.29 is 9.50 Å². The molecule has 8 nitrogen and oxygen atoms in total. The first-order valence-electron chi connectivity index (χ1n) is 14.3. The van der Waals surface area contributed by atoms with Crippen LogP contribution in [0.3, 0.4) is 0 Å².